The van der Waals surface area contributed by atoms with E-state index in [-0.39, 0.29) is 12.8 Å². The van der Waals surface area contributed by atoms with Crippen LogP contribution in [-0.4, -0.2) is 65.6 Å². The Labute approximate surface area is 215 Å². The normalized spacial score (nSPS) is 19.9. The molecule has 0 spiro atoms. The predicted molar refractivity (Wildman–Crippen MR) is 131 cm³/mol. The summed E-state index contributed by atoms with van der Waals surface area (Å²) in [4.78, 5) is 58.0. The van der Waals surface area contributed by atoms with E-state index in [4.69, 9.17) is 4.98 Å². The van der Waals surface area contributed by atoms with E-state index in [9.17, 15) is 19.2 Å². The van der Waals surface area contributed by atoms with Crippen LogP contribution >= 0.6 is 11.5 Å². The number of imide groups is 2. The quantitative estimate of drug-likeness (QED) is 0.503. The summed E-state index contributed by atoms with van der Waals surface area (Å²) < 4.78 is 4.52. The van der Waals surface area contributed by atoms with Crippen molar-refractivity contribution in [2.45, 2.75) is 38.3 Å². The third kappa shape index (κ3) is 4.18. The van der Waals surface area contributed by atoms with Crippen LogP contribution in [0.5, 0.6) is 0 Å². The molecule has 3 aliphatic heterocycles. The lowest BCUT2D eigenvalue weighted by atomic mass is 10.0. The van der Waals surface area contributed by atoms with Gasteiger partial charge >= 0.3 is 0 Å². The van der Waals surface area contributed by atoms with Crippen molar-refractivity contribution in [1.29, 1.82) is 0 Å². The highest BCUT2D eigenvalue weighted by molar-refractivity contribution is 7.05. The maximum absolute atomic E-state index is 13.4. The number of hydrogen-bond acceptors (Lipinski definition) is 10. The van der Waals surface area contributed by atoms with Crippen molar-refractivity contribution in [2.24, 2.45) is 0 Å². The van der Waals surface area contributed by atoms with Crippen LogP contribution in [0.2, 0.25) is 0 Å². The first-order valence-electron chi connectivity index (χ1n) is 11.9. The number of benzene rings is 1. The summed E-state index contributed by atoms with van der Waals surface area (Å²) in [6, 6.07) is 8.74. The van der Waals surface area contributed by atoms with Gasteiger partial charge in [-0.15, -0.1) is 0 Å². The molecule has 186 valence electrons. The molecule has 4 amide bonds. The van der Waals surface area contributed by atoms with Gasteiger partial charge in [0.15, 0.2) is 5.82 Å². The van der Waals surface area contributed by atoms with E-state index in [2.05, 4.69) is 19.9 Å². The van der Waals surface area contributed by atoms with Crippen LogP contribution in [0, 0.1) is 0 Å². The van der Waals surface area contributed by atoms with E-state index in [1.807, 2.05) is 35.2 Å². The van der Waals surface area contributed by atoms with Gasteiger partial charge in [0, 0.05) is 29.7 Å². The van der Waals surface area contributed by atoms with E-state index in [0.29, 0.717) is 48.0 Å². The maximum Gasteiger partial charge on any atom is 0.278 e. The molecule has 5 heterocycles. The molecule has 3 aliphatic rings. The van der Waals surface area contributed by atoms with E-state index in [0.717, 1.165) is 21.6 Å². The summed E-state index contributed by atoms with van der Waals surface area (Å²) in [6.07, 6.45) is 4.73. The molecule has 1 N–H and O–H groups in total. The standard InChI is InChI=1S/C25H21N7O4S/c33-19-7-6-18(23(34)28-19)32-24(35)17-5-2-10-31(21(17)25(32)36)13-20-29-22(30-37-20)15-4-1-3-14(11-15)16-8-9-26-27-12-16/h1,3-4,8-9,11-12,18H,2,5-7,10,13H2,(H,28,33,34). The topological polar surface area (TPSA) is 138 Å². The van der Waals surface area contributed by atoms with Gasteiger partial charge in [-0.3, -0.25) is 29.4 Å². The highest BCUT2D eigenvalue weighted by atomic mass is 32.1. The van der Waals surface area contributed by atoms with Crippen molar-refractivity contribution in [2.75, 3.05) is 6.54 Å². The number of piperidine rings is 1. The van der Waals surface area contributed by atoms with Gasteiger partial charge in [-0.05, 0) is 48.5 Å². The molecule has 1 unspecified atom stereocenters. The highest BCUT2D eigenvalue weighted by Gasteiger charge is 2.48. The molecule has 12 heteroatoms. The van der Waals surface area contributed by atoms with E-state index >= 15 is 0 Å². The Bertz CT molecular complexity index is 1470. The van der Waals surface area contributed by atoms with Gasteiger partial charge in [0.05, 0.1) is 18.9 Å². The van der Waals surface area contributed by atoms with Crippen LogP contribution in [0.3, 0.4) is 0 Å². The fourth-order valence-electron chi connectivity index (χ4n) is 4.96. The fourth-order valence-corrected chi connectivity index (χ4v) is 5.64. The lowest BCUT2D eigenvalue weighted by Crippen LogP contribution is -2.55. The molecule has 11 nitrogen and oxygen atoms in total. The molecular formula is C25H21N7O4S. The molecule has 0 aliphatic carbocycles. The Morgan fingerprint density at radius 1 is 1.00 bits per heavy atom. The SMILES string of the molecule is O=C1CCC(N2C(=O)C3=C(C2=O)N(Cc2nc(-c4cccc(-c5ccnnc5)c4)ns2)CCC3)C(=O)N1. The summed E-state index contributed by atoms with van der Waals surface area (Å²) in [7, 11) is 0. The van der Waals surface area contributed by atoms with E-state index in [1.165, 1.54) is 11.5 Å². The highest BCUT2D eigenvalue weighted by Crippen LogP contribution is 2.35. The third-order valence-electron chi connectivity index (χ3n) is 6.71. The molecule has 0 saturated carbocycles. The van der Waals surface area contributed by atoms with Crippen LogP contribution in [0.25, 0.3) is 22.5 Å². The van der Waals surface area contributed by atoms with Gasteiger partial charge in [-0.25, -0.2) is 4.98 Å². The van der Waals surface area contributed by atoms with Crippen LogP contribution in [-0.2, 0) is 25.7 Å². The first-order valence-corrected chi connectivity index (χ1v) is 12.7. The molecular weight excluding hydrogens is 494 g/mol. The molecule has 37 heavy (non-hydrogen) atoms. The molecule has 6 rings (SSSR count). The third-order valence-corrected chi connectivity index (χ3v) is 7.40. The molecule has 1 atom stereocenters. The summed E-state index contributed by atoms with van der Waals surface area (Å²) in [5.41, 5.74) is 3.50. The molecule has 1 fully saturated rings. The number of nitrogens with one attached hydrogen (secondary N) is 1. The predicted octanol–water partition coefficient (Wildman–Crippen LogP) is 1.69. The number of aromatic nitrogens is 4. The summed E-state index contributed by atoms with van der Waals surface area (Å²) in [5, 5.41) is 10.7. The summed E-state index contributed by atoms with van der Waals surface area (Å²) >= 11 is 1.25. The Hall–Kier alpha value is -4.32. The van der Waals surface area contributed by atoms with Gasteiger partial charge < -0.3 is 4.90 Å². The smallest absolute Gasteiger partial charge is 0.278 e. The van der Waals surface area contributed by atoms with Crippen molar-refractivity contribution in [3.63, 3.8) is 0 Å². The van der Waals surface area contributed by atoms with Crippen molar-refractivity contribution < 1.29 is 19.2 Å². The second-order valence-electron chi connectivity index (χ2n) is 9.02. The molecule has 0 bridgehead atoms. The number of nitrogens with zero attached hydrogens (tertiary/aromatic N) is 6. The van der Waals surface area contributed by atoms with E-state index < -0.39 is 29.7 Å². The summed E-state index contributed by atoms with van der Waals surface area (Å²) in [5.74, 6) is -1.36. The van der Waals surface area contributed by atoms with Crippen molar-refractivity contribution in [1.82, 2.24) is 34.7 Å². The lowest BCUT2D eigenvalue weighted by Gasteiger charge is -2.30. The van der Waals surface area contributed by atoms with Crippen LogP contribution in [0.15, 0.2) is 54.0 Å². The molecule has 0 radical (unpaired) electrons. The monoisotopic (exact) mass is 515 g/mol. The molecule has 1 saturated heterocycles. The Balaban J connectivity index is 1.22. The average Bonchev–Trinajstić information content (AvgIpc) is 3.48. The number of carbonyl (C=O) groups is 4. The van der Waals surface area contributed by atoms with Crippen molar-refractivity contribution in [3.05, 3.63) is 59.0 Å². The van der Waals surface area contributed by atoms with Crippen molar-refractivity contribution >= 4 is 35.2 Å². The Morgan fingerprint density at radius 3 is 2.68 bits per heavy atom. The first-order chi connectivity index (χ1) is 18.0. The second kappa shape index (κ2) is 9.28. The van der Waals surface area contributed by atoms with Gasteiger partial charge in [0.2, 0.25) is 11.8 Å². The second-order valence-corrected chi connectivity index (χ2v) is 9.86. The van der Waals surface area contributed by atoms with Crippen LogP contribution in [0.1, 0.15) is 30.7 Å². The minimum atomic E-state index is -0.971. The molecule has 3 aromatic rings. The fraction of sp³-hybridized carbons (Fsp3) is 0.280. The van der Waals surface area contributed by atoms with Crippen LogP contribution < -0.4 is 5.32 Å². The molecule has 1 aromatic carbocycles. The zero-order chi connectivity index (χ0) is 25.5. The average molecular weight is 516 g/mol. The Morgan fingerprint density at radius 2 is 1.86 bits per heavy atom. The first kappa shape index (κ1) is 23.1. The van der Waals surface area contributed by atoms with Crippen LogP contribution in [0.4, 0.5) is 0 Å². The minimum Gasteiger partial charge on any atom is -0.360 e. The maximum atomic E-state index is 13.4. The van der Waals surface area contributed by atoms with Gasteiger partial charge in [-0.1, -0.05) is 18.2 Å². The van der Waals surface area contributed by atoms with Crippen molar-refractivity contribution in [3.8, 4) is 22.5 Å². The van der Waals surface area contributed by atoms with Gasteiger partial charge in [0.1, 0.15) is 16.7 Å². The zero-order valence-corrected chi connectivity index (χ0v) is 20.4. The minimum absolute atomic E-state index is 0.0916. The summed E-state index contributed by atoms with van der Waals surface area (Å²) in [6.45, 7) is 0.910. The van der Waals surface area contributed by atoms with Gasteiger partial charge in [0.25, 0.3) is 11.8 Å². The number of rotatable bonds is 5. The number of amides is 4. The van der Waals surface area contributed by atoms with Gasteiger partial charge in [-0.2, -0.15) is 14.6 Å². The molecule has 2 aromatic heterocycles. The number of carbonyl (C=O) groups excluding carboxylic acids is 4. The van der Waals surface area contributed by atoms with E-state index in [1.54, 1.807) is 12.4 Å². The number of hydrogen-bond donors (Lipinski definition) is 1. The lowest BCUT2D eigenvalue weighted by molar-refractivity contribution is -0.150. The Kier molecular flexibility index (Phi) is 5.80. The zero-order valence-electron chi connectivity index (χ0n) is 19.6. The largest absolute Gasteiger partial charge is 0.360 e.